The molecule has 4 heteroatoms. The van der Waals surface area contributed by atoms with Crippen molar-refractivity contribution in [2.45, 2.75) is 13.0 Å². The van der Waals surface area contributed by atoms with Crippen LogP contribution in [0.15, 0.2) is 36.4 Å². The minimum Gasteiger partial charge on any atom is -0.496 e. The molecule has 2 rings (SSSR count). The fraction of sp³-hybridized carbons (Fsp3) is 0.250. The van der Waals surface area contributed by atoms with Crippen LogP contribution in [0, 0.1) is 10.5 Å². The lowest BCUT2D eigenvalue weighted by Crippen LogP contribution is -2.07. The van der Waals surface area contributed by atoms with Crippen LogP contribution < -0.4 is 9.47 Å². The van der Waals surface area contributed by atoms with Crippen molar-refractivity contribution in [3.05, 3.63) is 56.7 Å². The van der Waals surface area contributed by atoms with E-state index in [0.717, 1.165) is 14.7 Å². The maximum absolute atomic E-state index is 10.8. The predicted molar refractivity (Wildman–Crippen MR) is 87.5 cm³/mol. The van der Waals surface area contributed by atoms with Crippen molar-refractivity contribution in [2.75, 3.05) is 14.2 Å². The van der Waals surface area contributed by atoms with E-state index >= 15 is 0 Å². The largest absolute Gasteiger partial charge is 0.496 e. The highest BCUT2D eigenvalue weighted by Gasteiger charge is 2.22. The number of rotatable bonds is 4. The second kappa shape index (κ2) is 6.45. The molecule has 2 aromatic rings. The number of hydrogen-bond acceptors (Lipinski definition) is 3. The maximum Gasteiger partial charge on any atom is 0.128 e. The van der Waals surface area contributed by atoms with E-state index in [4.69, 9.17) is 9.47 Å². The topological polar surface area (TPSA) is 38.7 Å². The summed E-state index contributed by atoms with van der Waals surface area (Å²) in [6, 6.07) is 11.4. The van der Waals surface area contributed by atoms with Gasteiger partial charge in [-0.1, -0.05) is 24.3 Å². The monoisotopic (exact) mass is 384 g/mol. The molecule has 1 N–H and O–H groups in total. The van der Waals surface area contributed by atoms with Gasteiger partial charge in [-0.15, -0.1) is 0 Å². The highest BCUT2D eigenvalue weighted by molar-refractivity contribution is 14.1. The van der Waals surface area contributed by atoms with Gasteiger partial charge >= 0.3 is 0 Å². The van der Waals surface area contributed by atoms with Gasteiger partial charge in [0.2, 0.25) is 0 Å². The number of halogens is 1. The van der Waals surface area contributed by atoms with Crippen molar-refractivity contribution in [3.63, 3.8) is 0 Å². The molecular formula is C16H17IO3. The molecule has 3 nitrogen and oxygen atoms in total. The number of benzene rings is 2. The molecule has 1 unspecified atom stereocenters. The van der Waals surface area contributed by atoms with E-state index in [1.807, 2.05) is 43.3 Å². The Balaban J connectivity index is 2.58. The maximum atomic E-state index is 10.8. The number of aliphatic hydroxyl groups excluding tert-OH is 1. The number of aliphatic hydroxyl groups is 1. The molecule has 0 aliphatic rings. The average molecular weight is 384 g/mol. The van der Waals surface area contributed by atoms with E-state index < -0.39 is 6.10 Å². The molecular weight excluding hydrogens is 367 g/mol. The van der Waals surface area contributed by atoms with Gasteiger partial charge in [-0.3, -0.25) is 0 Å². The van der Waals surface area contributed by atoms with E-state index in [1.54, 1.807) is 14.2 Å². The minimum absolute atomic E-state index is 0.620. The lowest BCUT2D eigenvalue weighted by molar-refractivity contribution is 0.208. The fourth-order valence-corrected chi connectivity index (χ4v) is 2.84. The number of hydrogen-bond donors (Lipinski definition) is 1. The molecule has 0 aliphatic heterocycles. The van der Waals surface area contributed by atoms with E-state index in [2.05, 4.69) is 22.6 Å². The van der Waals surface area contributed by atoms with Gasteiger partial charge < -0.3 is 14.6 Å². The molecule has 0 saturated carbocycles. The normalized spacial score (nSPS) is 12.1. The predicted octanol–water partition coefficient (Wildman–Crippen LogP) is 3.70. The Labute approximate surface area is 132 Å². The molecule has 0 aliphatic carbocycles. The first kappa shape index (κ1) is 15.1. The first-order chi connectivity index (χ1) is 9.60. The zero-order chi connectivity index (χ0) is 14.7. The summed E-state index contributed by atoms with van der Waals surface area (Å²) in [6.07, 6.45) is -0.784. The molecule has 1 atom stereocenters. The summed E-state index contributed by atoms with van der Waals surface area (Å²) in [5.41, 5.74) is 2.64. The summed E-state index contributed by atoms with van der Waals surface area (Å²) in [5, 5.41) is 10.8. The third-order valence-corrected chi connectivity index (χ3v) is 4.73. The van der Waals surface area contributed by atoms with Crippen LogP contribution in [0.1, 0.15) is 22.8 Å². The Morgan fingerprint density at radius 1 is 1.00 bits per heavy atom. The fourth-order valence-electron chi connectivity index (χ4n) is 2.19. The number of aryl methyl sites for hydroxylation is 1. The summed E-state index contributed by atoms with van der Waals surface area (Å²) < 4.78 is 11.8. The molecule has 106 valence electrons. The van der Waals surface area contributed by atoms with Crippen LogP contribution in [0.25, 0.3) is 0 Å². The summed E-state index contributed by atoms with van der Waals surface area (Å²) in [4.78, 5) is 0. The van der Waals surface area contributed by atoms with Crippen LogP contribution >= 0.6 is 22.6 Å². The van der Waals surface area contributed by atoms with Gasteiger partial charge in [0.1, 0.15) is 17.6 Å². The van der Waals surface area contributed by atoms with Crippen molar-refractivity contribution < 1.29 is 14.6 Å². The van der Waals surface area contributed by atoms with Gasteiger partial charge in [0, 0.05) is 3.57 Å². The standard InChI is InChI=1S/C16H17IO3/c1-10-6-4-7-11(15(10)17)16(18)14-12(19-2)8-5-9-13(14)20-3/h4-9,16,18H,1-3H3. The van der Waals surface area contributed by atoms with Crippen molar-refractivity contribution in [1.82, 2.24) is 0 Å². The van der Waals surface area contributed by atoms with Gasteiger partial charge in [-0.05, 0) is 52.8 Å². The first-order valence-corrected chi connectivity index (χ1v) is 7.32. The SMILES string of the molecule is COc1cccc(OC)c1C(O)c1cccc(C)c1I. The van der Waals surface area contributed by atoms with Crippen LogP contribution in [0.5, 0.6) is 11.5 Å². The van der Waals surface area contributed by atoms with Crippen LogP contribution in [-0.2, 0) is 0 Å². The van der Waals surface area contributed by atoms with Crippen LogP contribution in [0.4, 0.5) is 0 Å². The van der Waals surface area contributed by atoms with Gasteiger partial charge in [-0.25, -0.2) is 0 Å². The lowest BCUT2D eigenvalue weighted by Gasteiger charge is -2.20. The van der Waals surface area contributed by atoms with E-state index in [0.29, 0.717) is 17.1 Å². The quantitative estimate of drug-likeness (QED) is 0.818. The zero-order valence-corrected chi connectivity index (χ0v) is 13.8. The Hall–Kier alpha value is -1.27. The third kappa shape index (κ3) is 2.76. The number of ether oxygens (including phenoxy) is 2. The van der Waals surface area contributed by atoms with Gasteiger partial charge in [0.15, 0.2) is 0 Å². The van der Waals surface area contributed by atoms with Crippen molar-refractivity contribution in [1.29, 1.82) is 0 Å². The van der Waals surface area contributed by atoms with Crippen molar-refractivity contribution in [3.8, 4) is 11.5 Å². The summed E-state index contributed by atoms with van der Waals surface area (Å²) >= 11 is 2.25. The smallest absolute Gasteiger partial charge is 0.128 e. The van der Waals surface area contributed by atoms with Crippen LogP contribution in [0.3, 0.4) is 0 Å². The molecule has 2 aromatic carbocycles. The molecule has 0 spiro atoms. The Bertz CT molecular complexity index is 588. The van der Waals surface area contributed by atoms with Crippen LogP contribution in [-0.4, -0.2) is 19.3 Å². The minimum atomic E-state index is -0.784. The molecule has 20 heavy (non-hydrogen) atoms. The summed E-state index contributed by atoms with van der Waals surface area (Å²) in [5.74, 6) is 1.24. The second-order valence-electron chi connectivity index (χ2n) is 4.46. The Kier molecular flexibility index (Phi) is 4.88. The average Bonchev–Trinajstić information content (AvgIpc) is 2.48. The number of methoxy groups -OCH3 is 2. The Morgan fingerprint density at radius 3 is 2.10 bits per heavy atom. The highest BCUT2D eigenvalue weighted by atomic mass is 127. The molecule has 0 fully saturated rings. The molecule has 0 bridgehead atoms. The summed E-state index contributed by atoms with van der Waals surface area (Å²) in [6.45, 7) is 2.03. The molecule has 0 radical (unpaired) electrons. The summed E-state index contributed by atoms with van der Waals surface area (Å²) in [7, 11) is 3.18. The Morgan fingerprint density at radius 2 is 1.55 bits per heavy atom. The zero-order valence-electron chi connectivity index (χ0n) is 11.7. The lowest BCUT2D eigenvalue weighted by atomic mass is 9.98. The highest BCUT2D eigenvalue weighted by Crippen LogP contribution is 2.38. The molecule has 0 aromatic heterocycles. The molecule has 0 heterocycles. The van der Waals surface area contributed by atoms with E-state index in [1.165, 1.54) is 0 Å². The van der Waals surface area contributed by atoms with Gasteiger partial charge in [0.05, 0.1) is 19.8 Å². The van der Waals surface area contributed by atoms with Crippen molar-refractivity contribution in [2.24, 2.45) is 0 Å². The third-order valence-electron chi connectivity index (χ3n) is 3.26. The van der Waals surface area contributed by atoms with Crippen molar-refractivity contribution >= 4 is 22.6 Å². The second-order valence-corrected chi connectivity index (χ2v) is 5.54. The van der Waals surface area contributed by atoms with Gasteiger partial charge in [0.25, 0.3) is 0 Å². The van der Waals surface area contributed by atoms with Crippen LogP contribution in [0.2, 0.25) is 0 Å². The molecule has 0 saturated heterocycles. The van der Waals surface area contributed by atoms with E-state index in [-0.39, 0.29) is 0 Å². The molecule has 0 amide bonds. The van der Waals surface area contributed by atoms with E-state index in [9.17, 15) is 5.11 Å². The first-order valence-electron chi connectivity index (χ1n) is 6.24. The van der Waals surface area contributed by atoms with Gasteiger partial charge in [-0.2, -0.15) is 0 Å².